The molecular formula is C25H31N3O2. The van der Waals surface area contributed by atoms with Gasteiger partial charge in [-0.1, -0.05) is 49.6 Å². The number of imidazole rings is 1. The third-order valence-corrected chi connectivity index (χ3v) is 6.01. The van der Waals surface area contributed by atoms with E-state index in [0.29, 0.717) is 13.2 Å². The number of carbonyl (C=O) groups is 1. The second kappa shape index (κ2) is 9.79. The molecule has 1 heterocycles. The number of aryl methyl sites for hydroxylation is 2. The van der Waals surface area contributed by atoms with Crippen molar-refractivity contribution in [1.82, 2.24) is 14.9 Å². The average molecular weight is 406 g/mol. The summed E-state index contributed by atoms with van der Waals surface area (Å²) in [6.07, 6.45) is 6.48. The number of nitrogens with zero attached hydrogens (tertiary/aromatic N) is 2. The summed E-state index contributed by atoms with van der Waals surface area (Å²) in [5.74, 6) is 2.19. The van der Waals surface area contributed by atoms with Crippen molar-refractivity contribution in [3.8, 4) is 5.75 Å². The molecule has 0 aliphatic heterocycles. The van der Waals surface area contributed by atoms with Gasteiger partial charge in [-0.3, -0.25) is 4.79 Å². The van der Waals surface area contributed by atoms with Crippen molar-refractivity contribution in [2.24, 2.45) is 5.92 Å². The molecule has 1 aliphatic rings. The van der Waals surface area contributed by atoms with Gasteiger partial charge < -0.3 is 14.6 Å². The summed E-state index contributed by atoms with van der Waals surface area (Å²) in [7, 11) is 0. The van der Waals surface area contributed by atoms with Gasteiger partial charge in [0.05, 0.1) is 24.2 Å². The van der Waals surface area contributed by atoms with E-state index >= 15 is 0 Å². The number of rotatable bonds is 8. The van der Waals surface area contributed by atoms with Gasteiger partial charge in [-0.2, -0.15) is 0 Å². The average Bonchev–Trinajstić information content (AvgIpc) is 3.14. The molecule has 0 unspecified atom stereocenters. The molecule has 0 bridgehead atoms. The van der Waals surface area contributed by atoms with Crippen molar-refractivity contribution in [3.63, 3.8) is 0 Å². The molecule has 1 fully saturated rings. The topological polar surface area (TPSA) is 56.1 Å². The molecule has 1 aromatic heterocycles. The van der Waals surface area contributed by atoms with E-state index in [2.05, 4.69) is 28.9 Å². The Balaban J connectivity index is 1.39. The number of carbonyl (C=O) groups excluding carboxylic acids is 1. The lowest BCUT2D eigenvalue weighted by atomic mass is 9.89. The zero-order valence-electron chi connectivity index (χ0n) is 17.8. The minimum absolute atomic E-state index is 0.166. The molecule has 0 radical (unpaired) electrons. The van der Waals surface area contributed by atoms with Gasteiger partial charge in [-0.15, -0.1) is 0 Å². The Morgan fingerprint density at radius 2 is 1.87 bits per heavy atom. The Bertz CT molecular complexity index is 989. The molecule has 3 aromatic rings. The maximum Gasteiger partial charge on any atom is 0.223 e. The maximum absolute atomic E-state index is 12.6. The van der Waals surface area contributed by atoms with E-state index in [1.165, 1.54) is 6.42 Å². The third kappa shape index (κ3) is 4.84. The maximum atomic E-state index is 12.6. The molecular weight excluding hydrogens is 374 g/mol. The van der Waals surface area contributed by atoms with Crippen molar-refractivity contribution in [2.75, 3.05) is 6.61 Å². The molecule has 0 atom stereocenters. The van der Waals surface area contributed by atoms with Crippen LogP contribution in [0.2, 0.25) is 0 Å². The minimum atomic E-state index is 0.166. The largest absolute Gasteiger partial charge is 0.493 e. The van der Waals surface area contributed by atoms with E-state index in [1.807, 2.05) is 36.4 Å². The fraction of sp³-hybridized carbons (Fsp3) is 0.440. The highest BCUT2D eigenvalue weighted by Crippen LogP contribution is 2.24. The van der Waals surface area contributed by atoms with E-state index < -0.39 is 0 Å². The highest BCUT2D eigenvalue weighted by molar-refractivity contribution is 5.79. The second-order valence-corrected chi connectivity index (χ2v) is 8.19. The molecule has 0 saturated heterocycles. The summed E-state index contributed by atoms with van der Waals surface area (Å²) in [6, 6.07) is 16.3. The lowest BCUT2D eigenvalue weighted by Gasteiger charge is -2.20. The summed E-state index contributed by atoms with van der Waals surface area (Å²) >= 11 is 0. The first-order valence-electron chi connectivity index (χ1n) is 11.1. The summed E-state index contributed by atoms with van der Waals surface area (Å²) in [6.45, 7) is 3.99. The van der Waals surface area contributed by atoms with E-state index in [9.17, 15) is 4.79 Å². The van der Waals surface area contributed by atoms with Crippen molar-refractivity contribution in [3.05, 3.63) is 59.9 Å². The fourth-order valence-electron chi connectivity index (χ4n) is 4.31. The monoisotopic (exact) mass is 405 g/mol. The Morgan fingerprint density at radius 1 is 1.10 bits per heavy atom. The number of ether oxygens (including phenoxy) is 1. The fourth-order valence-corrected chi connectivity index (χ4v) is 4.31. The lowest BCUT2D eigenvalue weighted by molar-refractivity contribution is -0.126. The van der Waals surface area contributed by atoms with Crippen LogP contribution in [0.4, 0.5) is 0 Å². The molecule has 0 spiro atoms. The molecule has 1 saturated carbocycles. The normalized spacial score (nSPS) is 14.7. The van der Waals surface area contributed by atoms with Crippen LogP contribution in [0.3, 0.4) is 0 Å². The van der Waals surface area contributed by atoms with Crippen LogP contribution in [0.25, 0.3) is 11.0 Å². The van der Waals surface area contributed by atoms with Gasteiger partial charge in [-0.25, -0.2) is 4.98 Å². The number of nitrogens with one attached hydrogen (secondary N) is 1. The molecule has 1 amide bonds. The van der Waals surface area contributed by atoms with E-state index in [-0.39, 0.29) is 11.8 Å². The first kappa shape index (κ1) is 20.5. The van der Waals surface area contributed by atoms with Gasteiger partial charge in [0.2, 0.25) is 5.91 Å². The summed E-state index contributed by atoms with van der Waals surface area (Å²) in [5, 5.41) is 3.14. The van der Waals surface area contributed by atoms with Crippen LogP contribution in [0.5, 0.6) is 5.75 Å². The number of amides is 1. The molecule has 1 N–H and O–H groups in total. The zero-order valence-corrected chi connectivity index (χ0v) is 17.8. The standard InChI is InChI=1S/C25H31N3O2/c1-19-10-5-8-15-23(19)30-17-9-16-28-22-14-7-6-13-21(22)27-24(28)18-26-25(29)20-11-3-2-4-12-20/h5-8,10,13-15,20H,2-4,9,11-12,16-18H2,1H3,(H,26,29). The predicted molar refractivity (Wildman–Crippen MR) is 119 cm³/mol. The van der Waals surface area contributed by atoms with Crippen molar-refractivity contribution < 1.29 is 9.53 Å². The summed E-state index contributed by atoms with van der Waals surface area (Å²) in [5.41, 5.74) is 3.23. The SMILES string of the molecule is Cc1ccccc1OCCCn1c(CNC(=O)C2CCCCC2)nc2ccccc21. The summed E-state index contributed by atoms with van der Waals surface area (Å²) < 4.78 is 8.18. The number of aromatic nitrogens is 2. The van der Waals surface area contributed by atoms with Crippen LogP contribution in [0, 0.1) is 12.8 Å². The number of para-hydroxylation sites is 3. The van der Waals surface area contributed by atoms with Crippen LogP contribution >= 0.6 is 0 Å². The number of hydrogen-bond acceptors (Lipinski definition) is 3. The van der Waals surface area contributed by atoms with E-state index in [1.54, 1.807) is 0 Å². The van der Waals surface area contributed by atoms with Crippen LogP contribution in [0.1, 0.15) is 49.9 Å². The smallest absolute Gasteiger partial charge is 0.223 e. The number of hydrogen-bond donors (Lipinski definition) is 1. The summed E-state index contributed by atoms with van der Waals surface area (Å²) in [4.78, 5) is 17.4. The van der Waals surface area contributed by atoms with Crippen LogP contribution in [0.15, 0.2) is 48.5 Å². The molecule has 2 aromatic carbocycles. The first-order valence-corrected chi connectivity index (χ1v) is 11.1. The molecule has 5 heteroatoms. The lowest BCUT2D eigenvalue weighted by Crippen LogP contribution is -2.32. The Labute approximate surface area is 178 Å². The van der Waals surface area contributed by atoms with E-state index in [0.717, 1.165) is 66.8 Å². The Kier molecular flexibility index (Phi) is 6.67. The first-order chi connectivity index (χ1) is 14.7. The molecule has 1 aliphatic carbocycles. The van der Waals surface area contributed by atoms with Crippen molar-refractivity contribution >= 4 is 16.9 Å². The Morgan fingerprint density at radius 3 is 2.70 bits per heavy atom. The van der Waals surface area contributed by atoms with Crippen molar-refractivity contribution in [2.45, 2.75) is 58.5 Å². The second-order valence-electron chi connectivity index (χ2n) is 8.19. The van der Waals surface area contributed by atoms with Crippen LogP contribution in [-0.2, 0) is 17.9 Å². The van der Waals surface area contributed by atoms with Gasteiger partial charge in [0.25, 0.3) is 0 Å². The van der Waals surface area contributed by atoms with Crippen LogP contribution < -0.4 is 10.1 Å². The van der Waals surface area contributed by atoms with E-state index in [4.69, 9.17) is 9.72 Å². The molecule has 30 heavy (non-hydrogen) atoms. The van der Waals surface area contributed by atoms with Gasteiger partial charge in [0.15, 0.2) is 0 Å². The van der Waals surface area contributed by atoms with Crippen LogP contribution in [-0.4, -0.2) is 22.1 Å². The Hall–Kier alpha value is -2.82. The predicted octanol–water partition coefficient (Wildman–Crippen LogP) is 5.01. The van der Waals surface area contributed by atoms with Gasteiger partial charge in [-0.05, 0) is 49.9 Å². The molecule has 158 valence electrons. The molecule has 5 nitrogen and oxygen atoms in total. The minimum Gasteiger partial charge on any atom is -0.493 e. The van der Waals surface area contributed by atoms with Crippen molar-refractivity contribution in [1.29, 1.82) is 0 Å². The highest BCUT2D eigenvalue weighted by atomic mass is 16.5. The number of benzene rings is 2. The molecule has 4 rings (SSSR count). The van der Waals surface area contributed by atoms with Gasteiger partial charge >= 0.3 is 0 Å². The quantitative estimate of drug-likeness (QED) is 0.536. The third-order valence-electron chi connectivity index (χ3n) is 6.01. The highest BCUT2D eigenvalue weighted by Gasteiger charge is 2.21. The van der Waals surface area contributed by atoms with Gasteiger partial charge in [0, 0.05) is 12.5 Å². The zero-order chi connectivity index (χ0) is 20.8. The number of fused-ring (bicyclic) bond motifs is 1. The van der Waals surface area contributed by atoms with Gasteiger partial charge in [0.1, 0.15) is 11.6 Å².